The van der Waals surface area contributed by atoms with Crippen molar-refractivity contribution in [2.45, 2.75) is 43.7 Å². The van der Waals surface area contributed by atoms with Gasteiger partial charge >= 0.3 is 17.9 Å². The van der Waals surface area contributed by atoms with Crippen molar-refractivity contribution in [3.63, 3.8) is 0 Å². The second-order valence-electron chi connectivity index (χ2n) is 9.29. The number of esters is 3. The minimum Gasteiger partial charge on any atom is -0.504 e. The lowest BCUT2D eigenvalue weighted by Gasteiger charge is -2.41. The van der Waals surface area contributed by atoms with Gasteiger partial charge in [0.15, 0.2) is 34.7 Å². The molecule has 0 unspecified atom stereocenters. The second kappa shape index (κ2) is 13.7. The van der Waals surface area contributed by atoms with Gasteiger partial charge in [0.2, 0.25) is 5.75 Å². The number of carbonyl (C=O) groups is 3. The molecule has 0 heterocycles. The van der Waals surface area contributed by atoms with Crippen LogP contribution in [-0.2, 0) is 28.6 Å². The van der Waals surface area contributed by atoms with E-state index < -0.39 is 60.4 Å². The fourth-order valence-electron chi connectivity index (χ4n) is 4.28. The number of methoxy groups -OCH3 is 2. The summed E-state index contributed by atoms with van der Waals surface area (Å²) >= 11 is 0. The maximum atomic E-state index is 12.7. The lowest BCUT2D eigenvalue weighted by Crippen LogP contribution is -2.58. The van der Waals surface area contributed by atoms with Crippen molar-refractivity contribution >= 4 is 30.1 Å². The maximum absolute atomic E-state index is 12.7. The van der Waals surface area contributed by atoms with E-state index >= 15 is 0 Å². The van der Waals surface area contributed by atoms with Crippen LogP contribution in [0.25, 0.3) is 12.2 Å². The van der Waals surface area contributed by atoms with E-state index in [4.69, 9.17) is 23.7 Å². The maximum Gasteiger partial charge on any atom is 0.338 e. The molecule has 0 spiro atoms. The summed E-state index contributed by atoms with van der Waals surface area (Å²) in [4.78, 5) is 37.8. The summed E-state index contributed by atoms with van der Waals surface area (Å²) in [5.74, 6) is -3.80. The van der Waals surface area contributed by atoms with E-state index in [-0.39, 0.29) is 29.6 Å². The summed E-state index contributed by atoms with van der Waals surface area (Å²) in [5.41, 5.74) is -1.50. The fraction of sp³-hybridized carbons (Fsp3) is 0.345. The molecule has 0 radical (unpaired) electrons. The summed E-state index contributed by atoms with van der Waals surface area (Å²) in [6.45, 7) is 1.47. The topological polar surface area (TPSA) is 199 Å². The first-order valence-electron chi connectivity index (χ1n) is 12.7. The number of aliphatic hydroxyl groups is 2. The number of ether oxygens (including phenoxy) is 5. The number of benzene rings is 2. The average molecular weight is 589 g/mol. The Bertz CT molecular complexity index is 1340. The highest BCUT2D eigenvalue weighted by Gasteiger charge is 2.53. The van der Waals surface area contributed by atoms with Gasteiger partial charge in [0.1, 0.15) is 6.10 Å². The molecule has 13 nitrogen and oxygen atoms in total. The molecule has 0 bridgehead atoms. The molecule has 5 N–H and O–H groups in total. The third-order valence-corrected chi connectivity index (χ3v) is 6.33. The van der Waals surface area contributed by atoms with Crippen molar-refractivity contribution in [1.82, 2.24) is 0 Å². The van der Waals surface area contributed by atoms with Gasteiger partial charge in [-0.3, -0.25) is 0 Å². The smallest absolute Gasteiger partial charge is 0.338 e. The van der Waals surface area contributed by atoms with Crippen LogP contribution < -0.4 is 9.47 Å². The summed E-state index contributed by atoms with van der Waals surface area (Å²) in [7, 11) is 2.67. The Morgan fingerprint density at radius 1 is 0.881 bits per heavy atom. The van der Waals surface area contributed by atoms with Crippen LogP contribution in [0.2, 0.25) is 0 Å². The average Bonchev–Trinajstić information content (AvgIpc) is 2.95. The van der Waals surface area contributed by atoms with Crippen molar-refractivity contribution in [2.24, 2.45) is 0 Å². The van der Waals surface area contributed by atoms with Crippen LogP contribution in [0.3, 0.4) is 0 Å². The Labute approximate surface area is 240 Å². The predicted molar refractivity (Wildman–Crippen MR) is 146 cm³/mol. The highest BCUT2D eigenvalue weighted by Crippen LogP contribution is 2.38. The van der Waals surface area contributed by atoms with Crippen LogP contribution in [0, 0.1) is 0 Å². The lowest BCUT2D eigenvalue weighted by atomic mass is 9.79. The number of rotatable bonds is 10. The first-order valence-corrected chi connectivity index (χ1v) is 12.7. The van der Waals surface area contributed by atoms with E-state index in [1.165, 1.54) is 63.6 Å². The van der Waals surface area contributed by atoms with E-state index in [2.05, 4.69) is 0 Å². The zero-order valence-electron chi connectivity index (χ0n) is 23.1. The van der Waals surface area contributed by atoms with Gasteiger partial charge in [-0.05, 0) is 54.5 Å². The van der Waals surface area contributed by atoms with Crippen LogP contribution in [0.15, 0.2) is 42.5 Å². The number of phenolic OH excluding ortho intramolecular Hbond substituents is 3. The first-order chi connectivity index (χ1) is 19.9. The second-order valence-corrected chi connectivity index (χ2v) is 9.29. The molecule has 0 saturated heterocycles. The molecule has 2 aromatic carbocycles. The molecule has 0 amide bonds. The normalized spacial score (nSPS) is 22.1. The van der Waals surface area contributed by atoms with E-state index in [1.807, 2.05) is 0 Å². The van der Waals surface area contributed by atoms with Crippen molar-refractivity contribution in [3.05, 3.63) is 53.6 Å². The highest BCUT2D eigenvalue weighted by molar-refractivity contribution is 5.89. The quantitative estimate of drug-likeness (QED) is 0.117. The molecule has 226 valence electrons. The third kappa shape index (κ3) is 7.71. The summed E-state index contributed by atoms with van der Waals surface area (Å²) < 4.78 is 25.8. The van der Waals surface area contributed by atoms with Crippen molar-refractivity contribution < 1.29 is 63.6 Å². The van der Waals surface area contributed by atoms with Gasteiger partial charge in [-0.1, -0.05) is 6.07 Å². The Hall–Kier alpha value is -4.75. The molecule has 1 aliphatic rings. The van der Waals surface area contributed by atoms with Crippen LogP contribution >= 0.6 is 0 Å². The van der Waals surface area contributed by atoms with E-state index in [0.717, 1.165) is 12.2 Å². The van der Waals surface area contributed by atoms with Gasteiger partial charge in [0, 0.05) is 25.0 Å². The molecule has 0 aliphatic heterocycles. The Morgan fingerprint density at radius 3 is 2.05 bits per heavy atom. The van der Waals surface area contributed by atoms with Gasteiger partial charge in [0.25, 0.3) is 0 Å². The SMILES string of the molecule is CCOC(=O)[C@@]1(O)C[C@@H](O)[C@@H](OC(=O)C=Cc2cc(OC)c(O)c(OC)c2)[C@H](OC(=O)C=Cc2ccc(O)c(O)c2)C1. The fourth-order valence-corrected chi connectivity index (χ4v) is 4.28. The van der Waals surface area contributed by atoms with Crippen molar-refractivity contribution in [2.75, 3.05) is 20.8 Å². The molecule has 1 fully saturated rings. The molecule has 2 aromatic rings. The zero-order chi connectivity index (χ0) is 31.0. The Balaban J connectivity index is 1.81. The summed E-state index contributed by atoms with van der Waals surface area (Å²) in [6, 6.07) is 6.69. The van der Waals surface area contributed by atoms with Gasteiger partial charge in [-0.25, -0.2) is 14.4 Å². The van der Waals surface area contributed by atoms with Gasteiger partial charge in [0.05, 0.1) is 26.9 Å². The predicted octanol–water partition coefficient (Wildman–Crippen LogP) is 1.82. The zero-order valence-corrected chi connectivity index (χ0v) is 23.1. The molecule has 0 aromatic heterocycles. The number of phenols is 3. The molecule has 13 heteroatoms. The lowest BCUT2D eigenvalue weighted by molar-refractivity contribution is -0.207. The number of aromatic hydroxyl groups is 3. The monoisotopic (exact) mass is 588 g/mol. The van der Waals surface area contributed by atoms with E-state index in [0.29, 0.717) is 11.1 Å². The van der Waals surface area contributed by atoms with Crippen LogP contribution in [0.1, 0.15) is 30.9 Å². The first kappa shape index (κ1) is 31.8. The molecule has 4 atom stereocenters. The highest BCUT2D eigenvalue weighted by atomic mass is 16.6. The van der Waals surface area contributed by atoms with Crippen molar-refractivity contribution in [1.29, 1.82) is 0 Å². The van der Waals surface area contributed by atoms with Crippen LogP contribution in [0.5, 0.6) is 28.7 Å². The number of hydrogen-bond donors (Lipinski definition) is 5. The molecule has 1 aliphatic carbocycles. The largest absolute Gasteiger partial charge is 0.504 e. The van der Waals surface area contributed by atoms with E-state index in [9.17, 15) is 39.9 Å². The molecule has 3 rings (SSSR count). The Kier molecular flexibility index (Phi) is 10.4. The number of aliphatic hydroxyl groups excluding tert-OH is 1. The summed E-state index contributed by atoms with van der Waals surface area (Å²) in [5, 5.41) is 50.8. The molecular formula is C29H32O13. The number of carbonyl (C=O) groups excluding carboxylic acids is 3. The van der Waals surface area contributed by atoms with Gasteiger partial charge in [-0.15, -0.1) is 0 Å². The summed E-state index contributed by atoms with van der Waals surface area (Å²) in [6.07, 6.45) is -1.10. The van der Waals surface area contributed by atoms with Crippen LogP contribution in [-0.4, -0.2) is 88.2 Å². The molecule has 42 heavy (non-hydrogen) atoms. The Morgan fingerprint density at radius 2 is 1.48 bits per heavy atom. The minimum atomic E-state index is -2.23. The van der Waals surface area contributed by atoms with Gasteiger partial charge in [-0.2, -0.15) is 0 Å². The van der Waals surface area contributed by atoms with E-state index in [1.54, 1.807) is 0 Å². The molecular weight excluding hydrogens is 556 g/mol. The standard InChI is InChI=1S/C29H32O13/c1-4-40-28(36)29(37)14-20(32)27(23(15-29)41-24(33)9-6-16-5-8-18(30)19(31)11-16)42-25(34)10-7-17-12-21(38-2)26(35)22(13-17)39-3/h5-13,20,23,27,30-32,35,37H,4,14-15H2,1-3H3/t20-,23-,27-,29-/m1/s1. The molecule has 1 saturated carbocycles. The number of hydrogen-bond acceptors (Lipinski definition) is 13. The third-order valence-electron chi connectivity index (χ3n) is 6.33. The van der Waals surface area contributed by atoms with Crippen LogP contribution in [0.4, 0.5) is 0 Å². The minimum absolute atomic E-state index is 0.0556. The van der Waals surface area contributed by atoms with Crippen molar-refractivity contribution in [3.8, 4) is 28.7 Å². The van der Waals surface area contributed by atoms with Gasteiger partial charge < -0.3 is 49.2 Å².